The van der Waals surface area contributed by atoms with Crippen molar-refractivity contribution in [3.8, 4) is 0 Å². The lowest BCUT2D eigenvalue weighted by Crippen LogP contribution is -2.16. The molecule has 1 unspecified atom stereocenters. The normalized spacial score (nSPS) is 32.5. The van der Waals surface area contributed by atoms with Crippen molar-refractivity contribution >= 4 is 5.97 Å². The standard InChI is InChI=1S/C7H12O3/c8-6-3-1-2-5(6)4-7(9)10/h5-6,8H,1-4H2,(H,9,10)/t5?,6-/m0/s1. The van der Waals surface area contributed by atoms with Crippen LogP contribution in [0.4, 0.5) is 0 Å². The van der Waals surface area contributed by atoms with Crippen LogP contribution >= 0.6 is 0 Å². The second-order valence-electron chi connectivity index (χ2n) is 2.86. The van der Waals surface area contributed by atoms with Gasteiger partial charge >= 0.3 is 5.97 Å². The molecule has 0 saturated heterocycles. The summed E-state index contributed by atoms with van der Waals surface area (Å²) in [7, 11) is 0. The smallest absolute Gasteiger partial charge is 0.303 e. The number of carboxylic acids is 1. The molecule has 58 valence electrons. The number of carbonyl (C=O) groups is 1. The number of hydrogen-bond acceptors (Lipinski definition) is 2. The average Bonchev–Trinajstić information content (AvgIpc) is 2.15. The summed E-state index contributed by atoms with van der Waals surface area (Å²) in [6.07, 6.45) is 2.38. The van der Waals surface area contributed by atoms with Gasteiger partial charge in [-0.15, -0.1) is 0 Å². The van der Waals surface area contributed by atoms with E-state index >= 15 is 0 Å². The molecule has 0 aliphatic heterocycles. The minimum Gasteiger partial charge on any atom is -0.481 e. The Morgan fingerprint density at radius 2 is 2.20 bits per heavy atom. The SMILES string of the molecule is O=C(O)CC1CCC[C@@H]1O. The molecule has 3 nitrogen and oxygen atoms in total. The van der Waals surface area contributed by atoms with E-state index in [9.17, 15) is 9.90 Å². The van der Waals surface area contributed by atoms with Gasteiger partial charge in [0.25, 0.3) is 0 Å². The first-order valence-electron chi connectivity index (χ1n) is 3.60. The predicted octanol–water partition coefficient (Wildman–Crippen LogP) is 0.622. The van der Waals surface area contributed by atoms with Gasteiger partial charge in [-0.1, -0.05) is 6.42 Å². The topological polar surface area (TPSA) is 57.5 Å². The van der Waals surface area contributed by atoms with Crippen molar-refractivity contribution in [3.05, 3.63) is 0 Å². The van der Waals surface area contributed by atoms with Crippen molar-refractivity contribution in [2.24, 2.45) is 5.92 Å². The van der Waals surface area contributed by atoms with Crippen molar-refractivity contribution in [2.45, 2.75) is 31.8 Å². The third-order valence-corrected chi connectivity index (χ3v) is 2.06. The summed E-state index contributed by atoms with van der Waals surface area (Å²) in [5.74, 6) is -0.788. The molecule has 3 heteroatoms. The molecule has 1 rings (SSSR count). The average molecular weight is 144 g/mol. The molecule has 1 saturated carbocycles. The molecule has 1 aliphatic carbocycles. The van der Waals surface area contributed by atoms with E-state index in [1.807, 2.05) is 0 Å². The fourth-order valence-electron chi connectivity index (χ4n) is 1.48. The number of aliphatic hydroxyl groups excluding tert-OH is 1. The quantitative estimate of drug-likeness (QED) is 0.597. The maximum absolute atomic E-state index is 10.2. The van der Waals surface area contributed by atoms with E-state index in [2.05, 4.69) is 0 Å². The van der Waals surface area contributed by atoms with E-state index < -0.39 is 5.97 Å². The highest BCUT2D eigenvalue weighted by Gasteiger charge is 2.26. The van der Waals surface area contributed by atoms with Crippen molar-refractivity contribution in [1.82, 2.24) is 0 Å². The summed E-state index contributed by atoms with van der Waals surface area (Å²) >= 11 is 0. The molecule has 0 aromatic carbocycles. The lowest BCUT2D eigenvalue weighted by molar-refractivity contribution is -0.138. The molecule has 2 atom stereocenters. The van der Waals surface area contributed by atoms with E-state index in [-0.39, 0.29) is 18.4 Å². The van der Waals surface area contributed by atoms with Gasteiger partial charge in [0.15, 0.2) is 0 Å². The Balaban J connectivity index is 2.33. The van der Waals surface area contributed by atoms with Gasteiger partial charge in [-0.05, 0) is 18.8 Å². The summed E-state index contributed by atoms with van der Waals surface area (Å²) < 4.78 is 0. The lowest BCUT2D eigenvalue weighted by Gasteiger charge is -2.09. The van der Waals surface area contributed by atoms with E-state index in [0.717, 1.165) is 19.3 Å². The Morgan fingerprint density at radius 1 is 1.50 bits per heavy atom. The number of carboxylic acid groups (broad SMARTS) is 1. The Morgan fingerprint density at radius 3 is 2.60 bits per heavy atom. The molecule has 0 bridgehead atoms. The largest absolute Gasteiger partial charge is 0.481 e. The summed E-state index contributed by atoms with van der Waals surface area (Å²) in [4.78, 5) is 10.2. The van der Waals surface area contributed by atoms with Crippen LogP contribution in [-0.4, -0.2) is 22.3 Å². The number of hydrogen-bond donors (Lipinski definition) is 2. The van der Waals surface area contributed by atoms with Crippen LogP contribution in [0, 0.1) is 5.92 Å². The van der Waals surface area contributed by atoms with Gasteiger partial charge in [0.05, 0.1) is 12.5 Å². The zero-order valence-electron chi connectivity index (χ0n) is 5.79. The summed E-state index contributed by atoms with van der Waals surface area (Å²) in [5, 5.41) is 17.6. The van der Waals surface area contributed by atoms with Crippen LogP contribution in [0.5, 0.6) is 0 Å². The maximum atomic E-state index is 10.2. The van der Waals surface area contributed by atoms with E-state index in [1.54, 1.807) is 0 Å². The molecular formula is C7H12O3. The van der Waals surface area contributed by atoms with Crippen LogP contribution in [0.3, 0.4) is 0 Å². The van der Waals surface area contributed by atoms with E-state index in [0.29, 0.717) is 0 Å². The molecule has 0 heterocycles. The molecule has 2 N–H and O–H groups in total. The number of aliphatic hydroxyl groups is 1. The predicted molar refractivity (Wildman–Crippen MR) is 35.6 cm³/mol. The van der Waals surface area contributed by atoms with Crippen LogP contribution in [0.1, 0.15) is 25.7 Å². The molecule has 1 fully saturated rings. The Labute approximate surface area is 59.7 Å². The maximum Gasteiger partial charge on any atom is 0.303 e. The van der Waals surface area contributed by atoms with Crippen LogP contribution < -0.4 is 0 Å². The number of rotatable bonds is 2. The third-order valence-electron chi connectivity index (χ3n) is 2.06. The van der Waals surface area contributed by atoms with Crippen molar-refractivity contribution in [1.29, 1.82) is 0 Å². The molecule has 1 aliphatic rings. The van der Waals surface area contributed by atoms with Gasteiger partial charge in [-0.2, -0.15) is 0 Å². The number of aliphatic carboxylic acids is 1. The molecule has 0 aromatic heterocycles. The van der Waals surface area contributed by atoms with Crippen molar-refractivity contribution in [2.75, 3.05) is 0 Å². The first kappa shape index (κ1) is 7.54. The Bertz CT molecular complexity index is 133. The van der Waals surface area contributed by atoms with E-state index in [1.165, 1.54) is 0 Å². The molecule has 0 spiro atoms. The van der Waals surface area contributed by atoms with Gasteiger partial charge < -0.3 is 10.2 Å². The lowest BCUT2D eigenvalue weighted by atomic mass is 10.0. The van der Waals surface area contributed by atoms with Gasteiger partial charge in [0.1, 0.15) is 0 Å². The first-order chi connectivity index (χ1) is 4.70. The zero-order chi connectivity index (χ0) is 7.56. The van der Waals surface area contributed by atoms with Gasteiger partial charge in [0, 0.05) is 0 Å². The molecule has 0 amide bonds. The first-order valence-corrected chi connectivity index (χ1v) is 3.60. The summed E-state index contributed by atoms with van der Waals surface area (Å²) in [6, 6.07) is 0. The van der Waals surface area contributed by atoms with Gasteiger partial charge in [-0.25, -0.2) is 0 Å². The van der Waals surface area contributed by atoms with Gasteiger partial charge in [-0.3, -0.25) is 4.79 Å². The van der Waals surface area contributed by atoms with Crippen LogP contribution in [0.25, 0.3) is 0 Å². The molecule has 10 heavy (non-hydrogen) atoms. The Kier molecular flexibility index (Phi) is 2.27. The highest BCUT2D eigenvalue weighted by Crippen LogP contribution is 2.27. The van der Waals surface area contributed by atoms with E-state index in [4.69, 9.17) is 5.11 Å². The summed E-state index contributed by atoms with van der Waals surface area (Å²) in [5.41, 5.74) is 0. The molecule has 0 radical (unpaired) electrons. The minimum atomic E-state index is -0.800. The van der Waals surface area contributed by atoms with Gasteiger partial charge in [0.2, 0.25) is 0 Å². The van der Waals surface area contributed by atoms with Crippen LogP contribution in [0.15, 0.2) is 0 Å². The summed E-state index contributed by atoms with van der Waals surface area (Å²) in [6.45, 7) is 0. The second kappa shape index (κ2) is 3.01. The monoisotopic (exact) mass is 144 g/mol. The highest BCUT2D eigenvalue weighted by molar-refractivity contribution is 5.67. The Hall–Kier alpha value is -0.570. The minimum absolute atomic E-state index is 0.0116. The van der Waals surface area contributed by atoms with Crippen molar-refractivity contribution in [3.63, 3.8) is 0 Å². The second-order valence-corrected chi connectivity index (χ2v) is 2.86. The molecule has 0 aromatic rings. The molecular weight excluding hydrogens is 132 g/mol. The fourth-order valence-corrected chi connectivity index (χ4v) is 1.48. The highest BCUT2D eigenvalue weighted by atomic mass is 16.4. The van der Waals surface area contributed by atoms with Crippen LogP contribution in [-0.2, 0) is 4.79 Å². The fraction of sp³-hybridized carbons (Fsp3) is 0.857. The van der Waals surface area contributed by atoms with Crippen molar-refractivity contribution < 1.29 is 15.0 Å². The third kappa shape index (κ3) is 1.70. The van der Waals surface area contributed by atoms with Crippen LogP contribution in [0.2, 0.25) is 0 Å². The zero-order valence-corrected chi connectivity index (χ0v) is 5.79.